The van der Waals surface area contributed by atoms with Gasteiger partial charge in [-0.1, -0.05) is 6.92 Å². The lowest BCUT2D eigenvalue weighted by atomic mass is 9.95. The van der Waals surface area contributed by atoms with Gasteiger partial charge in [-0.3, -0.25) is 10.1 Å². The van der Waals surface area contributed by atoms with Gasteiger partial charge in [0, 0.05) is 31.1 Å². The van der Waals surface area contributed by atoms with Crippen molar-refractivity contribution < 1.29 is 18.4 Å². The van der Waals surface area contributed by atoms with Gasteiger partial charge in [-0.15, -0.1) is 0 Å². The van der Waals surface area contributed by atoms with Crippen LogP contribution < -0.4 is 4.90 Å². The van der Waals surface area contributed by atoms with E-state index in [9.17, 15) is 23.6 Å². The first kappa shape index (κ1) is 15.7. The highest BCUT2D eigenvalue weighted by molar-refractivity contribution is 7.90. The molecule has 1 fully saturated rings. The zero-order valence-electron chi connectivity index (χ0n) is 11.9. The molecule has 0 bridgehead atoms. The number of aliphatic hydroxyl groups excluding tert-OH is 1. The van der Waals surface area contributed by atoms with Gasteiger partial charge in [-0.05, 0) is 24.5 Å². The van der Waals surface area contributed by atoms with Crippen LogP contribution in [-0.4, -0.2) is 43.9 Å². The SMILES string of the molecule is CC1CCN(c2ccc([N+](=O)[O-])c(S(C)(=O)=O)c2)CC1O. The number of β-amino-alcohol motifs (C(OH)–C–C–N with tert-alkyl or cyclic N) is 1. The van der Waals surface area contributed by atoms with Crippen LogP contribution in [0.25, 0.3) is 0 Å². The van der Waals surface area contributed by atoms with Gasteiger partial charge in [-0.25, -0.2) is 8.42 Å². The molecule has 0 aromatic heterocycles. The molecule has 1 heterocycles. The Morgan fingerprint density at radius 2 is 2.10 bits per heavy atom. The molecule has 0 saturated carbocycles. The second kappa shape index (κ2) is 5.61. The Balaban J connectivity index is 2.41. The summed E-state index contributed by atoms with van der Waals surface area (Å²) in [5, 5.41) is 20.9. The number of benzene rings is 1. The quantitative estimate of drug-likeness (QED) is 0.664. The standard InChI is InChI=1S/C13H18N2O5S/c1-9-5-6-14(8-12(9)16)10-3-4-11(15(17)18)13(7-10)21(2,19)20/h3-4,7,9,12,16H,5-6,8H2,1-2H3. The molecule has 8 heteroatoms. The van der Waals surface area contributed by atoms with Crippen molar-refractivity contribution in [2.75, 3.05) is 24.2 Å². The first-order valence-electron chi connectivity index (χ1n) is 6.61. The molecule has 0 amide bonds. The molecule has 21 heavy (non-hydrogen) atoms. The van der Waals surface area contributed by atoms with Crippen LogP contribution in [-0.2, 0) is 9.84 Å². The highest BCUT2D eigenvalue weighted by Gasteiger charge is 2.27. The Morgan fingerprint density at radius 3 is 2.62 bits per heavy atom. The maximum absolute atomic E-state index is 11.7. The number of nitro benzene ring substituents is 1. The summed E-state index contributed by atoms with van der Waals surface area (Å²) in [6, 6.07) is 4.04. The first-order chi connectivity index (χ1) is 9.70. The van der Waals surface area contributed by atoms with E-state index in [0.717, 1.165) is 12.7 Å². The third kappa shape index (κ3) is 3.33. The number of piperidine rings is 1. The smallest absolute Gasteiger partial charge is 0.288 e. The van der Waals surface area contributed by atoms with Crippen LogP contribution in [0.3, 0.4) is 0 Å². The highest BCUT2D eigenvalue weighted by atomic mass is 32.2. The monoisotopic (exact) mass is 314 g/mol. The molecule has 0 radical (unpaired) electrons. The molecule has 7 nitrogen and oxygen atoms in total. The van der Waals surface area contributed by atoms with E-state index in [1.165, 1.54) is 18.2 Å². The Morgan fingerprint density at radius 1 is 1.43 bits per heavy atom. The molecule has 116 valence electrons. The largest absolute Gasteiger partial charge is 0.391 e. The molecule has 1 aromatic carbocycles. The van der Waals surface area contributed by atoms with Gasteiger partial charge in [0.05, 0.1) is 11.0 Å². The third-order valence-electron chi connectivity index (χ3n) is 3.82. The summed E-state index contributed by atoms with van der Waals surface area (Å²) in [5.41, 5.74) is 0.152. The Hall–Kier alpha value is -1.67. The predicted octanol–water partition coefficient (Wildman–Crippen LogP) is 1.21. The van der Waals surface area contributed by atoms with Crippen molar-refractivity contribution in [1.82, 2.24) is 0 Å². The fraction of sp³-hybridized carbons (Fsp3) is 0.538. The van der Waals surface area contributed by atoms with Gasteiger partial charge in [0.25, 0.3) is 5.69 Å². The van der Waals surface area contributed by atoms with Crippen LogP contribution in [0.5, 0.6) is 0 Å². The molecular formula is C13H18N2O5S. The molecule has 1 aliphatic rings. The molecule has 0 aliphatic carbocycles. The van der Waals surface area contributed by atoms with Crippen molar-refractivity contribution in [3.05, 3.63) is 28.3 Å². The van der Waals surface area contributed by atoms with E-state index in [1.54, 1.807) is 0 Å². The number of hydrogen-bond donors (Lipinski definition) is 1. The molecule has 2 atom stereocenters. The van der Waals surface area contributed by atoms with Gasteiger partial charge in [-0.2, -0.15) is 0 Å². The van der Waals surface area contributed by atoms with Crippen LogP contribution >= 0.6 is 0 Å². The van der Waals surface area contributed by atoms with Crippen molar-refractivity contribution >= 4 is 21.2 Å². The highest BCUT2D eigenvalue weighted by Crippen LogP contribution is 2.31. The molecule has 2 rings (SSSR count). The number of hydrogen-bond acceptors (Lipinski definition) is 6. The molecule has 1 aromatic rings. The number of aliphatic hydroxyl groups is 1. The second-order valence-electron chi connectivity index (χ2n) is 5.46. The lowest BCUT2D eigenvalue weighted by Gasteiger charge is -2.35. The molecular weight excluding hydrogens is 296 g/mol. The summed E-state index contributed by atoms with van der Waals surface area (Å²) in [4.78, 5) is 11.8. The average molecular weight is 314 g/mol. The van der Waals surface area contributed by atoms with Crippen LogP contribution in [0.15, 0.2) is 23.1 Å². The fourth-order valence-electron chi connectivity index (χ4n) is 2.43. The number of nitro groups is 1. The van der Waals surface area contributed by atoms with E-state index in [1.807, 2.05) is 11.8 Å². The van der Waals surface area contributed by atoms with Crippen molar-refractivity contribution in [2.24, 2.45) is 5.92 Å². The number of rotatable bonds is 3. The van der Waals surface area contributed by atoms with Gasteiger partial charge < -0.3 is 10.0 Å². The topological polar surface area (TPSA) is 101 Å². The third-order valence-corrected chi connectivity index (χ3v) is 4.95. The maximum atomic E-state index is 11.7. The van der Waals surface area contributed by atoms with E-state index in [4.69, 9.17) is 0 Å². The van der Waals surface area contributed by atoms with E-state index >= 15 is 0 Å². The summed E-state index contributed by atoms with van der Waals surface area (Å²) in [5.74, 6) is 0.189. The van der Waals surface area contributed by atoms with Gasteiger partial charge >= 0.3 is 0 Å². The van der Waals surface area contributed by atoms with Gasteiger partial charge in [0.1, 0.15) is 4.90 Å². The van der Waals surface area contributed by atoms with Crippen molar-refractivity contribution in [3.8, 4) is 0 Å². The lowest BCUT2D eigenvalue weighted by Crippen LogP contribution is -2.42. The van der Waals surface area contributed by atoms with Crippen LogP contribution in [0.4, 0.5) is 11.4 Å². The zero-order valence-corrected chi connectivity index (χ0v) is 12.7. The Labute approximate surface area is 123 Å². The summed E-state index contributed by atoms with van der Waals surface area (Å²) in [7, 11) is -3.69. The van der Waals surface area contributed by atoms with E-state index in [-0.39, 0.29) is 10.8 Å². The minimum atomic E-state index is -3.69. The van der Waals surface area contributed by atoms with Gasteiger partial charge in [0.2, 0.25) is 0 Å². The summed E-state index contributed by atoms with van der Waals surface area (Å²) < 4.78 is 23.5. The minimum Gasteiger partial charge on any atom is -0.391 e. The molecule has 0 spiro atoms. The number of anilines is 1. The van der Waals surface area contributed by atoms with E-state index < -0.39 is 26.6 Å². The fourth-order valence-corrected chi connectivity index (χ4v) is 3.29. The maximum Gasteiger partial charge on any atom is 0.288 e. The average Bonchev–Trinajstić information content (AvgIpc) is 2.40. The lowest BCUT2D eigenvalue weighted by molar-refractivity contribution is -0.387. The molecule has 2 unspecified atom stereocenters. The summed E-state index contributed by atoms with van der Waals surface area (Å²) in [6.45, 7) is 3.03. The number of nitrogens with zero attached hydrogens (tertiary/aromatic N) is 2. The predicted molar refractivity (Wildman–Crippen MR) is 78.2 cm³/mol. The van der Waals surface area contributed by atoms with E-state index in [0.29, 0.717) is 18.8 Å². The van der Waals surface area contributed by atoms with Crippen molar-refractivity contribution in [3.63, 3.8) is 0 Å². The zero-order chi connectivity index (χ0) is 15.8. The summed E-state index contributed by atoms with van der Waals surface area (Å²) in [6.07, 6.45) is 1.24. The minimum absolute atomic E-state index is 0.189. The summed E-state index contributed by atoms with van der Waals surface area (Å²) >= 11 is 0. The van der Waals surface area contributed by atoms with Crippen LogP contribution in [0.1, 0.15) is 13.3 Å². The molecule has 1 aliphatic heterocycles. The second-order valence-corrected chi connectivity index (χ2v) is 7.44. The van der Waals surface area contributed by atoms with Crippen LogP contribution in [0, 0.1) is 16.0 Å². The molecule has 1 N–H and O–H groups in total. The Bertz CT molecular complexity index is 659. The van der Waals surface area contributed by atoms with Gasteiger partial charge in [0.15, 0.2) is 9.84 Å². The van der Waals surface area contributed by atoms with Crippen molar-refractivity contribution in [2.45, 2.75) is 24.3 Å². The van der Waals surface area contributed by atoms with Crippen LogP contribution in [0.2, 0.25) is 0 Å². The van der Waals surface area contributed by atoms with E-state index in [2.05, 4.69) is 0 Å². The molecule has 1 saturated heterocycles. The normalized spacial score (nSPS) is 23.1. The Kier molecular flexibility index (Phi) is 4.20. The van der Waals surface area contributed by atoms with Crippen molar-refractivity contribution in [1.29, 1.82) is 0 Å². The number of sulfone groups is 1. The first-order valence-corrected chi connectivity index (χ1v) is 8.51.